The van der Waals surface area contributed by atoms with Crippen LogP contribution in [0.4, 0.5) is 20.7 Å². The zero-order chi connectivity index (χ0) is 20.4. The lowest BCUT2D eigenvalue weighted by Gasteiger charge is -2.17. The second-order valence-electron chi connectivity index (χ2n) is 6.77. The number of hydrogen-bond donors (Lipinski definition) is 2. The number of ether oxygens (including phenoxy) is 1. The highest BCUT2D eigenvalue weighted by Gasteiger charge is 2.25. The maximum absolute atomic E-state index is 13.2. The Hall–Kier alpha value is -3.52. The van der Waals surface area contributed by atoms with Gasteiger partial charge in [0, 0.05) is 19.2 Å². The topological polar surface area (TPSA) is 93.4 Å². The van der Waals surface area contributed by atoms with E-state index in [2.05, 4.69) is 15.3 Å². The molecule has 3 N–H and O–H groups in total. The van der Waals surface area contributed by atoms with Crippen molar-refractivity contribution in [3.8, 4) is 11.3 Å². The minimum absolute atomic E-state index is 0.265. The molecule has 1 aliphatic rings. The first-order valence-corrected chi connectivity index (χ1v) is 9.08. The molecule has 2 amide bonds. The molecule has 0 spiro atoms. The summed E-state index contributed by atoms with van der Waals surface area (Å²) in [4.78, 5) is 23.4. The molecule has 148 valence electrons. The lowest BCUT2D eigenvalue weighted by molar-refractivity contribution is 0.181. The first kappa shape index (κ1) is 18.8. The van der Waals surface area contributed by atoms with E-state index < -0.39 is 0 Å². The Bertz CT molecular complexity index is 1060. The minimum atomic E-state index is -0.325. The molecule has 1 aliphatic heterocycles. The second kappa shape index (κ2) is 7.84. The summed E-state index contributed by atoms with van der Waals surface area (Å²) in [7, 11) is 1.62. The van der Waals surface area contributed by atoms with Crippen LogP contribution in [0.3, 0.4) is 0 Å². The highest BCUT2D eigenvalue weighted by molar-refractivity contribution is 5.92. The van der Waals surface area contributed by atoms with E-state index in [1.54, 1.807) is 36.3 Å². The van der Waals surface area contributed by atoms with Crippen molar-refractivity contribution in [2.24, 2.45) is 0 Å². The number of rotatable bonds is 4. The van der Waals surface area contributed by atoms with E-state index in [9.17, 15) is 9.18 Å². The largest absolute Gasteiger partial charge is 0.396 e. The molecule has 0 radical (unpaired) electrons. The predicted molar refractivity (Wildman–Crippen MR) is 107 cm³/mol. The third kappa shape index (κ3) is 4.02. The number of amides is 2. The Morgan fingerprint density at radius 1 is 1.14 bits per heavy atom. The van der Waals surface area contributed by atoms with E-state index in [0.29, 0.717) is 31.1 Å². The normalized spacial score (nSPS) is 12.7. The van der Waals surface area contributed by atoms with Gasteiger partial charge in [-0.3, -0.25) is 10.3 Å². The van der Waals surface area contributed by atoms with Crippen LogP contribution in [0.5, 0.6) is 0 Å². The number of pyridine rings is 2. The smallest absolute Gasteiger partial charge is 0.323 e. The Labute approximate surface area is 167 Å². The summed E-state index contributed by atoms with van der Waals surface area (Å²) in [5, 5.41) is 2.77. The third-order valence-corrected chi connectivity index (χ3v) is 4.70. The molecule has 4 rings (SSSR count). The van der Waals surface area contributed by atoms with Gasteiger partial charge in [-0.2, -0.15) is 0 Å². The number of fused-ring (bicyclic) bond motifs is 1. The van der Waals surface area contributed by atoms with Gasteiger partial charge in [0.25, 0.3) is 0 Å². The first-order valence-electron chi connectivity index (χ1n) is 9.08. The van der Waals surface area contributed by atoms with Crippen molar-refractivity contribution in [3.63, 3.8) is 0 Å². The molecule has 1 aromatic carbocycles. The monoisotopic (exact) mass is 393 g/mol. The van der Waals surface area contributed by atoms with Crippen molar-refractivity contribution in [2.75, 3.05) is 18.2 Å². The van der Waals surface area contributed by atoms with E-state index in [4.69, 9.17) is 10.5 Å². The number of nitrogen functional groups attached to an aromatic ring is 1. The zero-order valence-electron chi connectivity index (χ0n) is 15.9. The van der Waals surface area contributed by atoms with E-state index in [1.807, 2.05) is 12.1 Å². The molecule has 0 saturated carbocycles. The van der Waals surface area contributed by atoms with Gasteiger partial charge in [0.2, 0.25) is 0 Å². The molecule has 0 bridgehead atoms. The van der Waals surface area contributed by atoms with Gasteiger partial charge in [-0.1, -0.05) is 6.07 Å². The highest BCUT2D eigenvalue weighted by atomic mass is 19.1. The Morgan fingerprint density at radius 2 is 1.93 bits per heavy atom. The number of halogens is 1. The van der Waals surface area contributed by atoms with Gasteiger partial charge in [0.1, 0.15) is 5.82 Å². The number of urea groups is 1. The molecule has 0 atom stereocenters. The molecule has 2 aromatic heterocycles. The van der Waals surface area contributed by atoms with Crippen molar-refractivity contribution in [2.45, 2.75) is 19.7 Å². The molecule has 0 saturated heterocycles. The quantitative estimate of drug-likeness (QED) is 0.707. The number of carbonyl (C=O) groups excluding carboxylic acids is 1. The Kier molecular flexibility index (Phi) is 5.09. The van der Waals surface area contributed by atoms with Crippen LogP contribution in [0, 0.1) is 5.82 Å². The number of nitrogens with zero attached hydrogens (tertiary/aromatic N) is 3. The second-order valence-corrected chi connectivity index (χ2v) is 6.77. The van der Waals surface area contributed by atoms with E-state index in [0.717, 1.165) is 22.5 Å². The van der Waals surface area contributed by atoms with Crippen LogP contribution in [0.2, 0.25) is 0 Å². The number of methoxy groups -OCH3 is 1. The summed E-state index contributed by atoms with van der Waals surface area (Å²) in [6.45, 7) is 1.28. The average molecular weight is 393 g/mol. The van der Waals surface area contributed by atoms with E-state index in [-0.39, 0.29) is 17.7 Å². The maximum atomic E-state index is 13.2. The standard InChI is InChI=1S/C21H20FN5O2/c1-29-12-16-7-4-14-10-27(11-19(14)24-16)21(28)26-20-17(23)8-9-18(25-20)13-2-5-15(22)6-3-13/h2-9H,10-12,23H2,1H3,(H,25,26,28). The number of nitrogens with two attached hydrogens (primary N) is 1. The molecule has 0 aliphatic carbocycles. The van der Waals surface area contributed by atoms with Crippen molar-refractivity contribution in [1.29, 1.82) is 0 Å². The summed E-state index contributed by atoms with van der Waals surface area (Å²) < 4.78 is 18.3. The van der Waals surface area contributed by atoms with Crippen molar-refractivity contribution in [1.82, 2.24) is 14.9 Å². The summed E-state index contributed by atoms with van der Waals surface area (Å²) in [5.41, 5.74) is 10.3. The molecule has 29 heavy (non-hydrogen) atoms. The number of hydrogen-bond acceptors (Lipinski definition) is 5. The van der Waals surface area contributed by atoms with Crippen LogP contribution in [-0.2, 0) is 24.4 Å². The number of anilines is 2. The number of benzene rings is 1. The van der Waals surface area contributed by atoms with Gasteiger partial charge < -0.3 is 15.4 Å². The van der Waals surface area contributed by atoms with Gasteiger partial charge in [0.15, 0.2) is 5.82 Å². The molecule has 8 heteroatoms. The number of carbonyl (C=O) groups is 1. The molecule has 0 unspecified atom stereocenters. The summed E-state index contributed by atoms with van der Waals surface area (Å²) in [6.07, 6.45) is 0. The zero-order valence-corrected chi connectivity index (χ0v) is 15.9. The van der Waals surface area contributed by atoms with Crippen LogP contribution in [-0.4, -0.2) is 28.0 Å². The van der Waals surface area contributed by atoms with Crippen molar-refractivity contribution >= 4 is 17.5 Å². The van der Waals surface area contributed by atoms with Gasteiger partial charge in [-0.25, -0.2) is 14.2 Å². The van der Waals surface area contributed by atoms with Crippen LogP contribution >= 0.6 is 0 Å². The Balaban J connectivity index is 1.50. The van der Waals surface area contributed by atoms with Gasteiger partial charge in [-0.05, 0) is 48.0 Å². The molecular formula is C21H20FN5O2. The van der Waals surface area contributed by atoms with E-state index >= 15 is 0 Å². The van der Waals surface area contributed by atoms with Crippen molar-refractivity contribution in [3.05, 3.63) is 71.3 Å². The summed E-state index contributed by atoms with van der Waals surface area (Å²) >= 11 is 0. The fraction of sp³-hybridized carbons (Fsp3) is 0.190. The summed E-state index contributed by atoms with van der Waals surface area (Å²) in [5.74, 6) is -0.0607. The maximum Gasteiger partial charge on any atom is 0.323 e. The van der Waals surface area contributed by atoms with Gasteiger partial charge in [0.05, 0.1) is 35.9 Å². The number of aromatic nitrogens is 2. The molecule has 7 nitrogen and oxygen atoms in total. The fourth-order valence-electron chi connectivity index (χ4n) is 3.20. The first-order chi connectivity index (χ1) is 14.0. The lowest BCUT2D eigenvalue weighted by Crippen LogP contribution is -2.31. The molecule has 0 fully saturated rings. The van der Waals surface area contributed by atoms with Crippen LogP contribution < -0.4 is 11.1 Å². The minimum Gasteiger partial charge on any atom is -0.396 e. The van der Waals surface area contributed by atoms with E-state index in [1.165, 1.54) is 12.1 Å². The van der Waals surface area contributed by atoms with Crippen LogP contribution in [0.15, 0.2) is 48.5 Å². The van der Waals surface area contributed by atoms with Crippen LogP contribution in [0.25, 0.3) is 11.3 Å². The number of nitrogens with one attached hydrogen (secondary N) is 1. The SMILES string of the molecule is COCc1ccc2c(n1)CN(C(=O)Nc1nc(-c3ccc(F)cc3)ccc1N)C2. The molecular weight excluding hydrogens is 373 g/mol. The third-order valence-electron chi connectivity index (χ3n) is 4.70. The fourth-order valence-corrected chi connectivity index (χ4v) is 3.20. The average Bonchev–Trinajstić information content (AvgIpc) is 3.14. The lowest BCUT2D eigenvalue weighted by atomic mass is 10.1. The summed E-state index contributed by atoms with van der Waals surface area (Å²) in [6, 6.07) is 12.9. The molecule has 3 aromatic rings. The predicted octanol–water partition coefficient (Wildman–Crippen LogP) is 3.56. The van der Waals surface area contributed by atoms with Crippen LogP contribution in [0.1, 0.15) is 17.0 Å². The van der Waals surface area contributed by atoms with Gasteiger partial charge >= 0.3 is 6.03 Å². The van der Waals surface area contributed by atoms with Gasteiger partial charge in [-0.15, -0.1) is 0 Å². The van der Waals surface area contributed by atoms with Crippen molar-refractivity contribution < 1.29 is 13.9 Å². The Morgan fingerprint density at radius 3 is 2.69 bits per heavy atom. The highest BCUT2D eigenvalue weighted by Crippen LogP contribution is 2.26. The molecule has 3 heterocycles.